The van der Waals surface area contributed by atoms with Gasteiger partial charge in [-0.25, -0.2) is 4.98 Å². The van der Waals surface area contributed by atoms with Gasteiger partial charge in [0, 0.05) is 35.9 Å². The molecule has 0 bridgehead atoms. The van der Waals surface area contributed by atoms with Gasteiger partial charge in [-0.2, -0.15) is 0 Å². The summed E-state index contributed by atoms with van der Waals surface area (Å²) < 4.78 is 2.33. The molecule has 3 rings (SSSR count). The number of hydrogen-bond acceptors (Lipinski definition) is 3. The van der Waals surface area contributed by atoms with Crippen molar-refractivity contribution in [1.29, 1.82) is 0 Å². The summed E-state index contributed by atoms with van der Waals surface area (Å²) in [6.07, 6.45) is 2.26. The first-order chi connectivity index (χ1) is 11.7. The lowest BCUT2D eigenvalue weighted by molar-refractivity contribution is 0.0950. The average Bonchev–Trinajstić information content (AvgIpc) is 2.92. The van der Waals surface area contributed by atoms with Crippen LogP contribution in [0, 0.1) is 6.92 Å². The number of aromatic nitrogens is 2. The van der Waals surface area contributed by atoms with E-state index in [4.69, 9.17) is 5.73 Å². The maximum atomic E-state index is 12.3. The second-order valence-corrected chi connectivity index (χ2v) is 6.06. The van der Waals surface area contributed by atoms with Crippen molar-refractivity contribution in [3.8, 4) is 0 Å². The number of halogens is 1. The number of pyridine rings is 1. The van der Waals surface area contributed by atoms with Crippen LogP contribution in [-0.2, 0) is 6.54 Å². The van der Waals surface area contributed by atoms with Gasteiger partial charge in [0.15, 0.2) is 0 Å². The van der Waals surface area contributed by atoms with Crippen molar-refractivity contribution in [3.63, 3.8) is 0 Å². The third kappa shape index (κ3) is 3.70. The Kier molecular flexibility index (Phi) is 6.56. The quantitative estimate of drug-likeness (QED) is 0.659. The molecule has 134 valence electrons. The first kappa shape index (κ1) is 19.4. The molecule has 25 heavy (non-hydrogen) atoms. The van der Waals surface area contributed by atoms with E-state index in [0.29, 0.717) is 18.8 Å². The largest absolute Gasteiger partial charge is 0.349 e. The van der Waals surface area contributed by atoms with Gasteiger partial charge in [-0.05, 0) is 25.5 Å². The molecular formula is C19H25BrN4O. The molecule has 5 nitrogen and oxygen atoms in total. The molecule has 0 unspecified atom stereocenters. The topological polar surface area (TPSA) is 72.9 Å². The number of benzene rings is 1. The van der Waals surface area contributed by atoms with Crippen LogP contribution in [0.25, 0.3) is 21.8 Å². The van der Waals surface area contributed by atoms with Crippen LogP contribution < -0.4 is 11.1 Å². The summed E-state index contributed by atoms with van der Waals surface area (Å²) in [6, 6.07) is 10.2. The Morgan fingerprint density at radius 1 is 1.28 bits per heavy atom. The van der Waals surface area contributed by atoms with Crippen LogP contribution in [0.15, 0.2) is 30.3 Å². The Bertz CT molecular complexity index is 888. The number of rotatable bonds is 6. The van der Waals surface area contributed by atoms with E-state index in [1.54, 1.807) is 0 Å². The van der Waals surface area contributed by atoms with E-state index in [1.165, 1.54) is 10.9 Å². The molecule has 0 fully saturated rings. The number of unbranched alkanes of at least 4 members (excludes halogenated alkanes) is 1. The summed E-state index contributed by atoms with van der Waals surface area (Å²) in [6.45, 7) is 6.00. The second kappa shape index (κ2) is 8.45. The highest BCUT2D eigenvalue weighted by Crippen LogP contribution is 2.31. The molecule has 2 heterocycles. The highest BCUT2D eigenvalue weighted by Gasteiger charge is 2.16. The Morgan fingerprint density at radius 3 is 2.76 bits per heavy atom. The third-order valence-corrected chi connectivity index (χ3v) is 4.32. The lowest BCUT2D eigenvalue weighted by Gasteiger charge is -2.09. The molecule has 0 aliphatic rings. The maximum Gasteiger partial charge on any atom is 0.269 e. The van der Waals surface area contributed by atoms with Crippen LogP contribution in [0.1, 0.15) is 35.9 Å². The summed E-state index contributed by atoms with van der Waals surface area (Å²) in [5.41, 5.74) is 9.12. The number of hydrogen-bond donors (Lipinski definition) is 2. The summed E-state index contributed by atoms with van der Waals surface area (Å²) >= 11 is 0. The molecule has 0 radical (unpaired) electrons. The lowest BCUT2D eigenvalue weighted by Crippen LogP contribution is -2.29. The molecule has 0 saturated heterocycles. The van der Waals surface area contributed by atoms with E-state index in [0.717, 1.165) is 36.0 Å². The Hall–Kier alpha value is -1.92. The second-order valence-electron chi connectivity index (χ2n) is 6.06. The predicted molar refractivity (Wildman–Crippen MR) is 109 cm³/mol. The molecule has 2 aromatic heterocycles. The van der Waals surface area contributed by atoms with Crippen molar-refractivity contribution in [2.45, 2.75) is 33.2 Å². The normalized spacial score (nSPS) is 10.8. The molecule has 0 aliphatic carbocycles. The molecule has 0 aliphatic heterocycles. The highest BCUT2D eigenvalue weighted by atomic mass is 79.9. The lowest BCUT2D eigenvalue weighted by atomic mass is 10.1. The summed E-state index contributed by atoms with van der Waals surface area (Å²) in [4.78, 5) is 16.8. The molecule has 0 saturated carbocycles. The Balaban J connectivity index is 0.00000225. The molecule has 6 heteroatoms. The number of fused-ring (bicyclic) bond motifs is 3. The van der Waals surface area contributed by atoms with Gasteiger partial charge in [-0.1, -0.05) is 31.5 Å². The van der Waals surface area contributed by atoms with Gasteiger partial charge in [0.2, 0.25) is 0 Å². The standard InChI is InChI=1S/C19H24N4O.BrH/c1-3-4-11-23-17-8-6-5-7-14(17)15-12-16(19(24)21-10-9-20)22-13(2)18(15)23;/h5-8,12H,3-4,9-11,20H2,1-2H3,(H,21,24);1H. The SMILES string of the molecule is Br.CCCCn1c2ccccc2c2cc(C(=O)NCCN)nc(C)c21. The fourth-order valence-corrected chi connectivity index (χ4v) is 3.21. The summed E-state index contributed by atoms with van der Waals surface area (Å²) in [7, 11) is 0. The van der Waals surface area contributed by atoms with Crippen molar-refractivity contribution < 1.29 is 4.79 Å². The average molecular weight is 405 g/mol. The number of nitrogens with two attached hydrogens (primary N) is 1. The number of para-hydroxylation sites is 1. The zero-order chi connectivity index (χ0) is 17.1. The molecule has 3 aromatic rings. The molecule has 0 atom stereocenters. The maximum absolute atomic E-state index is 12.3. The van der Waals surface area contributed by atoms with E-state index in [2.05, 4.69) is 40.0 Å². The number of carbonyl (C=O) groups excluding carboxylic acids is 1. The van der Waals surface area contributed by atoms with Crippen molar-refractivity contribution in [2.24, 2.45) is 5.73 Å². The van der Waals surface area contributed by atoms with Crippen LogP contribution in [0.3, 0.4) is 0 Å². The van der Waals surface area contributed by atoms with Gasteiger partial charge in [-0.3, -0.25) is 4.79 Å². The van der Waals surface area contributed by atoms with Crippen LogP contribution >= 0.6 is 17.0 Å². The first-order valence-corrected chi connectivity index (χ1v) is 8.54. The van der Waals surface area contributed by atoms with Gasteiger partial charge in [0.1, 0.15) is 5.69 Å². The van der Waals surface area contributed by atoms with Crippen LogP contribution in [0.2, 0.25) is 0 Å². The minimum Gasteiger partial charge on any atom is -0.349 e. The number of carbonyl (C=O) groups is 1. The van der Waals surface area contributed by atoms with Crippen molar-refractivity contribution >= 4 is 44.7 Å². The van der Waals surface area contributed by atoms with Gasteiger partial charge < -0.3 is 15.6 Å². The van der Waals surface area contributed by atoms with Gasteiger partial charge in [0.25, 0.3) is 5.91 Å². The van der Waals surface area contributed by atoms with Crippen LogP contribution in [-0.4, -0.2) is 28.5 Å². The fourth-order valence-electron chi connectivity index (χ4n) is 3.21. The van der Waals surface area contributed by atoms with E-state index >= 15 is 0 Å². The van der Waals surface area contributed by atoms with Crippen molar-refractivity contribution in [3.05, 3.63) is 41.7 Å². The number of nitrogens with zero attached hydrogens (tertiary/aromatic N) is 2. The zero-order valence-electron chi connectivity index (χ0n) is 14.7. The number of amides is 1. The molecule has 0 spiro atoms. The summed E-state index contributed by atoms with van der Waals surface area (Å²) in [5, 5.41) is 5.05. The van der Waals surface area contributed by atoms with Crippen molar-refractivity contribution in [1.82, 2.24) is 14.9 Å². The number of aryl methyl sites for hydroxylation is 2. The predicted octanol–water partition coefficient (Wildman–Crippen LogP) is 3.56. The Morgan fingerprint density at radius 2 is 2.04 bits per heavy atom. The smallest absolute Gasteiger partial charge is 0.269 e. The van der Waals surface area contributed by atoms with Crippen LogP contribution in [0.5, 0.6) is 0 Å². The van der Waals surface area contributed by atoms with Gasteiger partial charge in [0.05, 0.1) is 11.2 Å². The van der Waals surface area contributed by atoms with E-state index in [-0.39, 0.29) is 22.9 Å². The zero-order valence-corrected chi connectivity index (χ0v) is 16.4. The molecular weight excluding hydrogens is 380 g/mol. The molecule has 1 aromatic carbocycles. The summed E-state index contributed by atoms with van der Waals surface area (Å²) in [5.74, 6) is -0.171. The number of nitrogens with one attached hydrogen (secondary N) is 1. The van der Waals surface area contributed by atoms with Gasteiger partial charge >= 0.3 is 0 Å². The van der Waals surface area contributed by atoms with E-state index in [1.807, 2.05) is 19.1 Å². The third-order valence-electron chi connectivity index (χ3n) is 4.32. The monoisotopic (exact) mass is 404 g/mol. The van der Waals surface area contributed by atoms with E-state index in [9.17, 15) is 4.79 Å². The van der Waals surface area contributed by atoms with Crippen molar-refractivity contribution in [2.75, 3.05) is 13.1 Å². The molecule has 1 amide bonds. The molecule has 3 N–H and O–H groups in total. The highest BCUT2D eigenvalue weighted by molar-refractivity contribution is 8.93. The van der Waals surface area contributed by atoms with Gasteiger partial charge in [-0.15, -0.1) is 17.0 Å². The minimum atomic E-state index is -0.171. The minimum absolute atomic E-state index is 0. The van der Waals surface area contributed by atoms with Crippen LogP contribution in [0.4, 0.5) is 0 Å². The Labute approximate surface area is 158 Å². The first-order valence-electron chi connectivity index (χ1n) is 8.54. The van der Waals surface area contributed by atoms with E-state index < -0.39 is 0 Å². The fraction of sp³-hybridized carbons (Fsp3) is 0.368.